The van der Waals surface area contributed by atoms with Crippen molar-refractivity contribution in [2.24, 2.45) is 0 Å². The van der Waals surface area contributed by atoms with Crippen molar-refractivity contribution in [1.82, 2.24) is 10.2 Å². The molecule has 1 aromatic rings. The van der Waals surface area contributed by atoms with E-state index >= 15 is 0 Å². The van der Waals surface area contributed by atoms with Crippen molar-refractivity contribution >= 4 is 17.6 Å². The molecule has 1 fully saturated rings. The van der Waals surface area contributed by atoms with E-state index < -0.39 is 12.0 Å². The van der Waals surface area contributed by atoms with Gasteiger partial charge in [0.05, 0.1) is 0 Å². The van der Waals surface area contributed by atoms with Crippen LogP contribution in [0.5, 0.6) is 0 Å². The number of carbonyl (C=O) groups is 2. The molecule has 0 aromatic heterocycles. The fourth-order valence-electron chi connectivity index (χ4n) is 2.52. The Hall–Kier alpha value is -2.08. The zero-order valence-corrected chi connectivity index (χ0v) is 12.2. The van der Waals surface area contributed by atoms with Gasteiger partial charge in [-0.2, -0.15) is 0 Å². The van der Waals surface area contributed by atoms with E-state index in [1.165, 1.54) is 12.6 Å². The number of rotatable bonds is 5. The highest BCUT2D eigenvalue weighted by Crippen LogP contribution is 2.15. The number of aliphatic carboxylic acids is 1. The molecule has 114 valence electrons. The van der Waals surface area contributed by atoms with Crippen LogP contribution >= 0.6 is 0 Å². The lowest BCUT2D eigenvalue weighted by Gasteiger charge is -2.37. The number of para-hydroxylation sites is 1. The lowest BCUT2D eigenvalue weighted by atomic mass is 10.2. The van der Waals surface area contributed by atoms with Gasteiger partial charge in [-0.3, -0.25) is 9.69 Å². The van der Waals surface area contributed by atoms with Gasteiger partial charge >= 0.3 is 5.97 Å². The quantitative estimate of drug-likeness (QED) is 0.821. The first-order valence-electron chi connectivity index (χ1n) is 7.08. The third-order valence-corrected chi connectivity index (χ3v) is 3.61. The van der Waals surface area contributed by atoms with Gasteiger partial charge in [0.1, 0.15) is 6.04 Å². The van der Waals surface area contributed by atoms with Crippen LogP contribution in [0.4, 0.5) is 5.69 Å². The van der Waals surface area contributed by atoms with Gasteiger partial charge < -0.3 is 15.3 Å². The van der Waals surface area contributed by atoms with Gasteiger partial charge in [0, 0.05) is 45.3 Å². The first-order valence-corrected chi connectivity index (χ1v) is 7.08. The number of carboxylic acid groups (broad SMARTS) is 1. The van der Waals surface area contributed by atoms with Crippen molar-refractivity contribution in [2.45, 2.75) is 13.0 Å². The summed E-state index contributed by atoms with van der Waals surface area (Å²) in [6, 6.07) is 9.33. The summed E-state index contributed by atoms with van der Waals surface area (Å²) in [5.74, 6) is -1.30. The van der Waals surface area contributed by atoms with Crippen molar-refractivity contribution in [2.75, 3.05) is 37.6 Å². The minimum Gasteiger partial charge on any atom is -0.480 e. The second kappa shape index (κ2) is 7.08. The molecule has 0 spiro atoms. The molecule has 0 aliphatic carbocycles. The van der Waals surface area contributed by atoms with Crippen LogP contribution in [0.2, 0.25) is 0 Å². The molecule has 1 atom stereocenters. The average molecular weight is 291 g/mol. The van der Waals surface area contributed by atoms with E-state index in [1.54, 1.807) is 0 Å². The predicted octanol–water partition coefficient (Wildman–Crippen LogP) is 0.398. The molecule has 6 heteroatoms. The molecule has 21 heavy (non-hydrogen) atoms. The van der Waals surface area contributed by atoms with Crippen LogP contribution in [0.3, 0.4) is 0 Å². The monoisotopic (exact) mass is 291 g/mol. The summed E-state index contributed by atoms with van der Waals surface area (Å²) in [6.45, 7) is 4.98. The van der Waals surface area contributed by atoms with E-state index in [9.17, 15) is 9.59 Å². The Morgan fingerprint density at radius 1 is 1.19 bits per heavy atom. The van der Waals surface area contributed by atoms with Crippen LogP contribution < -0.4 is 10.2 Å². The van der Waals surface area contributed by atoms with Gasteiger partial charge in [-0.15, -0.1) is 0 Å². The first-order chi connectivity index (χ1) is 10.1. The molecule has 1 amide bonds. The molecule has 0 saturated carbocycles. The molecule has 1 unspecified atom stereocenters. The molecular formula is C15H21N3O3. The SMILES string of the molecule is CC(=O)NC(CN1CCN(c2ccccc2)CC1)C(=O)O. The second-order valence-electron chi connectivity index (χ2n) is 5.21. The predicted molar refractivity (Wildman–Crippen MR) is 80.3 cm³/mol. The van der Waals surface area contributed by atoms with E-state index in [0.29, 0.717) is 6.54 Å². The topological polar surface area (TPSA) is 72.9 Å². The lowest BCUT2D eigenvalue weighted by Crippen LogP contribution is -2.53. The Morgan fingerprint density at radius 3 is 2.33 bits per heavy atom. The highest BCUT2D eigenvalue weighted by molar-refractivity contribution is 5.82. The minimum absolute atomic E-state index is 0.315. The number of carboxylic acids is 1. The normalized spacial score (nSPS) is 17.3. The third-order valence-electron chi connectivity index (χ3n) is 3.61. The fraction of sp³-hybridized carbons (Fsp3) is 0.467. The van der Waals surface area contributed by atoms with Gasteiger partial charge in [-0.05, 0) is 12.1 Å². The molecular weight excluding hydrogens is 270 g/mol. The van der Waals surface area contributed by atoms with Crippen LogP contribution in [-0.2, 0) is 9.59 Å². The number of carbonyl (C=O) groups excluding carboxylic acids is 1. The number of amides is 1. The second-order valence-corrected chi connectivity index (χ2v) is 5.21. The molecule has 6 nitrogen and oxygen atoms in total. The number of hydrogen-bond donors (Lipinski definition) is 2. The van der Waals surface area contributed by atoms with Gasteiger partial charge in [-0.25, -0.2) is 4.79 Å². The number of nitrogens with zero attached hydrogens (tertiary/aromatic N) is 2. The fourth-order valence-corrected chi connectivity index (χ4v) is 2.52. The summed E-state index contributed by atoms with van der Waals surface area (Å²) in [5, 5.41) is 11.6. The van der Waals surface area contributed by atoms with Gasteiger partial charge in [0.25, 0.3) is 0 Å². The van der Waals surface area contributed by atoms with Crippen molar-refractivity contribution in [3.05, 3.63) is 30.3 Å². The summed E-state index contributed by atoms with van der Waals surface area (Å²) in [4.78, 5) is 26.5. The molecule has 2 rings (SSSR count). The molecule has 1 aromatic carbocycles. The molecule has 0 bridgehead atoms. The van der Waals surface area contributed by atoms with Gasteiger partial charge in [0.15, 0.2) is 0 Å². The van der Waals surface area contributed by atoms with Gasteiger partial charge in [-0.1, -0.05) is 18.2 Å². The Bertz CT molecular complexity index is 484. The summed E-state index contributed by atoms with van der Waals surface area (Å²) < 4.78 is 0. The minimum atomic E-state index is -0.990. The van der Waals surface area contributed by atoms with E-state index in [1.807, 2.05) is 18.2 Å². The third kappa shape index (κ3) is 4.46. The van der Waals surface area contributed by atoms with E-state index in [4.69, 9.17) is 5.11 Å². The highest BCUT2D eigenvalue weighted by Gasteiger charge is 2.24. The van der Waals surface area contributed by atoms with E-state index in [0.717, 1.165) is 26.2 Å². The summed E-state index contributed by atoms with van der Waals surface area (Å²) >= 11 is 0. The Morgan fingerprint density at radius 2 is 1.81 bits per heavy atom. The lowest BCUT2D eigenvalue weighted by molar-refractivity contribution is -0.142. The number of anilines is 1. The van der Waals surface area contributed by atoms with Crippen LogP contribution in [0, 0.1) is 0 Å². The van der Waals surface area contributed by atoms with Gasteiger partial charge in [0.2, 0.25) is 5.91 Å². The largest absolute Gasteiger partial charge is 0.480 e. The molecule has 1 aliphatic rings. The molecule has 1 aliphatic heterocycles. The maximum Gasteiger partial charge on any atom is 0.327 e. The summed E-state index contributed by atoms with van der Waals surface area (Å²) in [7, 11) is 0. The molecule has 0 radical (unpaired) electrons. The zero-order valence-electron chi connectivity index (χ0n) is 12.2. The Labute approximate surface area is 124 Å². The summed E-state index contributed by atoms with van der Waals surface area (Å²) in [5.41, 5.74) is 1.19. The smallest absolute Gasteiger partial charge is 0.327 e. The maximum absolute atomic E-state index is 11.1. The number of nitrogens with one attached hydrogen (secondary N) is 1. The van der Waals surface area contributed by atoms with Crippen LogP contribution in [-0.4, -0.2) is 60.6 Å². The Balaban J connectivity index is 1.86. The van der Waals surface area contributed by atoms with Crippen molar-refractivity contribution in [3.63, 3.8) is 0 Å². The van der Waals surface area contributed by atoms with Crippen LogP contribution in [0.1, 0.15) is 6.92 Å². The first kappa shape index (κ1) is 15.3. The molecule has 2 N–H and O–H groups in total. The van der Waals surface area contributed by atoms with Crippen LogP contribution in [0.25, 0.3) is 0 Å². The standard InChI is InChI=1S/C15H21N3O3/c1-12(19)16-14(15(20)21)11-17-7-9-18(10-8-17)13-5-3-2-4-6-13/h2-6,14H,7-11H2,1H3,(H,16,19)(H,20,21). The highest BCUT2D eigenvalue weighted by atomic mass is 16.4. The maximum atomic E-state index is 11.1. The van der Waals surface area contributed by atoms with Crippen LogP contribution in [0.15, 0.2) is 30.3 Å². The zero-order chi connectivity index (χ0) is 15.2. The molecule has 1 heterocycles. The average Bonchev–Trinajstić information content (AvgIpc) is 2.48. The summed E-state index contributed by atoms with van der Waals surface area (Å²) in [6.07, 6.45) is 0. The number of hydrogen-bond acceptors (Lipinski definition) is 4. The number of piperazine rings is 1. The Kier molecular flexibility index (Phi) is 5.16. The van der Waals surface area contributed by atoms with Crippen molar-refractivity contribution in [1.29, 1.82) is 0 Å². The van der Waals surface area contributed by atoms with E-state index in [2.05, 4.69) is 27.2 Å². The van der Waals surface area contributed by atoms with E-state index in [-0.39, 0.29) is 5.91 Å². The van der Waals surface area contributed by atoms with Crippen molar-refractivity contribution < 1.29 is 14.7 Å². The number of benzene rings is 1. The van der Waals surface area contributed by atoms with Crippen molar-refractivity contribution in [3.8, 4) is 0 Å². The molecule has 1 saturated heterocycles.